The molecular formula is C21H28ClN5O2. The summed E-state index contributed by atoms with van der Waals surface area (Å²) in [7, 11) is 0. The number of hydrogen-bond donors (Lipinski definition) is 2. The number of aromatic nitrogens is 2. The first-order chi connectivity index (χ1) is 13.8. The first-order valence-corrected chi connectivity index (χ1v) is 10.3. The maximum Gasteiger partial charge on any atom is 0.263 e. The number of nitrogens with zero attached hydrogens (tertiary/aromatic N) is 3. The van der Waals surface area contributed by atoms with Crippen molar-refractivity contribution in [3.05, 3.63) is 41.0 Å². The van der Waals surface area contributed by atoms with Crippen LogP contribution in [0.4, 0.5) is 11.8 Å². The predicted octanol–water partition coefficient (Wildman–Crippen LogP) is 3.42. The number of amides is 1. The van der Waals surface area contributed by atoms with Crippen molar-refractivity contribution in [1.82, 2.24) is 15.3 Å². The Morgan fingerprint density at radius 3 is 2.55 bits per heavy atom. The van der Waals surface area contributed by atoms with Crippen LogP contribution in [0.2, 0.25) is 5.02 Å². The molecule has 0 unspecified atom stereocenters. The van der Waals surface area contributed by atoms with E-state index in [2.05, 4.69) is 25.5 Å². The lowest BCUT2D eigenvalue weighted by molar-refractivity contribution is -0.134. The van der Waals surface area contributed by atoms with Crippen LogP contribution < -0.4 is 20.3 Å². The van der Waals surface area contributed by atoms with Gasteiger partial charge in [0.1, 0.15) is 11.6 Å². The number of benzene rings is 1. The molecule has 0 aliphatic carbocycles. The largest absolute Gasteiger partial charge is 0.478 e. The van der Waals surface area contributed by atoms with Gasteiger partial charge in [0.25, 0.3) is 5.91 Å². The van der Waals surface area contributed by atoms with Gasteiger partial charge in [0, 0.05) is 43.0 Å². The fraction of sp³-hybridized carbons (Fsp3) is 0.476. The highest BCUT2D eigenvalue weighted by molar-refractivity contribution is 6.30. The number of carbonyl (C=O) groups is 1. The molecule has 0 atom stereocenters. The van der Waals surface area contributed by atoms with Gasteiger partial charge in [-0.25, -0.2) is 4.98 Å². The van der Waals surface area contributed by atoms with Crippen molar-refractivity contribution in [3.63, 3.8) is 0 Å². The Bertz CT molecular complexity index is 835. The molecule has 1 aliphatic heterocycles. The third-order valence-corrected chi connectivity index (χ3v) is 4.95. The first kappa shape index (κ1) is 21.2. The van der Waals surface area contributed by atoms with Crippen LogP contribution >= 0.6 is 11.6 Å². The predicted molar refractivity (Wildman–Crippen MR) is 116 cm³/mol. The van der Waals surface area contributed by atoms with Crippen molar-refractivity contribution in [2.24, 2.45) is 0 Å². The molecule has 29 heavy (non-hydrogen) atoms. The zero-order valence-corrected chi connectivity index (χ0v) is 17.9. The van der Waals surface area contributed by atoms with Gasteiger partial charge in [-0.2, -0.15) is 4.98 Å². The maximum atomic E-state index is 12.5. The smallest absolute Gasteiger partial charge is 0.263 e. The number of hydrogen-bond acceptors (Lipinski definition) is 6. The van der Waals surface area contributed by atoms with E-state index < -0.39 is 5.60 Å². The summed E-state index contributed by atoms with van der Waals surface area (Å²) in [6.07, 6.45) is 2.40. The second-order valence-corrected chi connectivity index (χ2v) is 8.07. The molecule has 1 aliphatic rings. The van der Waals surface area contributed by atoms with Crippen molar-refractivity contribution in [3.8, 4) is 5.75 Å². The van der Waals surface area contributed by atoms with E-state index in [4.69, 9.17) is 16.3 Å². The Hall–Kier alpha value is -2.54. The number of anilines is 2. The minimum absolute atomic E-state index is 0.197. The lowest BCUT2D eigenvalue weighted by atomic mass is 10.1. The zero-order chi connectivity index (χ0) is 20.9. The monoisotopic (exact) mass is 417 g/mol. The summed E-state index contributed by atoms with van der Waals surface area (Å²) in [5.41, 5.74) is -0.0812. The molecule has 0 spiro atoms. The second-order valence-electron chi connectivity index (χ2n) is 7.63. The molecule has 0 bridgehead atoms. The van der Waals surface area contributed by atoms with Crippen LogP contribution in [-0.2, 0) is 4.79 Å². The molecule has 2 heterocycles. The van der Waals surface area contributed by atoms with Crippen LogP contribution in [0.5, 0.6) is 5.75 Å². The number of rotatable bonds is 8. The Morgan fingerprint density at radius 1 is 1.17 bits per heavy atom. The summed E-state index contributed by atoms with van der Waals surface area (Å²) < 4.78 is 5.80. The standard InChI is InChI=1S/C21H28ClN5O2/c1-15-14-18(27-12-4-5-13-27)26-20(25-15)24-11-10-23-19(28)21(2,3)29-17-8-6-16(22)7-9-17/h6-9,14H,4-5,10-13H2,1-3H3,(H,23,28)(H,24,25,26). The van der Waals surface area contributed by atoms with E-state index >= 15 is 0 Å². The number of aryl methyl sites for hydroxylation is 1. The fourth-order valence-corrected chi connectivity index (χ4v) is 3.27. The molecule has 156 valence electrons. The van der Waals surface area contributed by atoms with E-state index in [1.54, 1.807) is 38.1 Å². The second kappa shape index (κ2) is 9.31. The van der Waals surface area contributed by atoms with Crippen LogP contribution in [0.1, 0.15) is 32.4 Å². The van der Waals surface area contributed by atoms with Crippen LogP contribution in [-0.4, -0.2) is 47.7 Å². The molecule has 1 amide bonds. The van der Waals surface area contributed by atoms with Gasteiger partial charge in [-0.1, -0.05) is 11.6 Å². The van der Waals surface area contributed by atoms with Gasteiger partial charge in [-0.3, -0.25) is 4.79 Å². The summed E-state index contributed by atoms with van der Waals surface area (Å²) >= 11 is 5.88. The molecule has 8 heteroatoms. The van der Waals surface area contributed by atoms with Gasteiger partial charge in [0.2, 0.25) is 5.95 Å². The van der Waals surface area contributed by atoms with Crippen LogP contribution in [0.25, 0.3) is 0 Å². The van der Waals surface area contributed by atoms with Gasteiger partial charge < -0.3 is 20.3 Å². The molecule has 3 rings (SSSR count). The molecule has 0 radical (unpaired) electrons. The molecule has 1 aromatic carbocycles. The number of halogens is 1. The van der Waals surface area contributed by atoms with Crippen LogP contribution in [0, 0.1) is 6.92 Å². The highest BCUT2D eigenvalue weighted by atomic mass is 35.5. The average Bonchev–Trinajstić information content (AvgIpc) is 3.21. The quantitative estimate of drug-likeness (QED) is 0.640. The third-order valence-electron chi connectivity index (χ3n) is 4.70. The third kappa shape index (κ3) is 5.97. The van der Waals surface area contributed by atoms with Crippen LogP contribution in [0.15, 0.2) is 30.3 Å². The van der Waals surface area contributed by atoms with Gasteiger partial charge in [0.05, 0.1) is 0 Å². The molecule has 2 aromatic rings. The molecule has 2 N–H and O–H groups in total. The Balaban J connectivity index is 1.48. The first-order valence-electron chi connectivity index (χ1n) is 9.91. The van der Waals surface area contributed by atoms with E-state index in [1.807, 2.05) is 13.0 Å². The highest BCUT2D eigenvalue weighted by Crippen LogP contribution is 2.21. The van der Waals surface area contributed by atoms with E-state index in [9.17, 15) is 4.79 Å². The minimum Gasteiger partial charge on any atom is -0.478 e. The summed E-state index contributed by atoms with van der Waals surface area (Å²) in [4.78, 5) is 23.8. The van der Waals surface area contributed by atoms with Crippen molar-refractivity contribution in [2.45, 2.75) is 39.2 Å². The molecule has 1 saturated heterocycles. The minimum atomic E-state index is -1.00. The fourth-order valence-electron chi connectivity index (χ4n) is 3.15. The van der Waals surface area contributed by atoms with Crippen molar-refractivity contribution in [1.29, 1.82) is 0 Å². The molecular weight excluding hydrogens is 390 g/mol. The number of ether oxygens (including phenoxy) is 1. The van der Waals surface area contributed by atoms with E-state index in [0.717, 1.165) is 24.6 Å². The van der Waals surface area contributed by atoms with Gasteiger partial charge in [0.15, 0.2) is 5.60 Å². The topological polar surface area (TPSA) is 79.4 Å². The van der Waals surface area contributed by atoms with Crippen LogP contribution in [0.3, 0.4) is 0 Å². The Kier molecular flexibility index (Phi) is 6.79. The van der Waals surface area contributed by atoms with Gasteiger partial charge >= 0.3 is 0 Å². The van der Waals surface area contributed by atoms with Crippen molar-refractivity contribution in [2.75, 3.05) is 36.4 Å². The average molecular weight is 418 g/mol. The maximum absolute atomic E-state index is 12.5. The molecule has 1 fully saturated rings. The Labute approximate surface area is 176 Å². The summed E-state index contributed by atoms with van der Waals surface area (Å²) in [6, 6.07) is 8.95. The highest BCUT2D eigenvalue weighted by Gasteiger charge is 2.29. The van der Waals surface area contributed by atoms with E-state index in [1.165, 1.54) is 12.8 Å². The summed E-state index contributed by atoms with van der Waals surface area (Å²) in [6.45, 7) is 8.45. The zero-order valence-electron chi connectivity index (χ0n) is 17.2. The SMILES string of the molecule is Cc1cc(N2CCCC2)nc(NCCNC(=O)C(C)(C)Oc2ccc(Cl)cc2)n1. The summed E-state index contributed by atoms with van der Waals surface area (Å²) in [5.74, 6) is 1.93. The van der Waals surface area contributed by atoms with E-state index in [0.29, 0.717) is 29.8 Å². The van der Waals surface area contributed by atoms with Gasteiger partial charge in [-0.15, -0.1) is 0 Å². The normalized spacial score (nSPS) is 14.0. The van der Waals surface area contributed by atoms with E-state index in [-0.39, 0.29) is 5.91 Å². The Morgan fingerprint density at radius 2 is 1.86 bits per heavy atom. The summed E-state index contributed by atoms with van der Waals surface area (Å²) in [5, 5.41) is 6.71. The molecule has 7 nitrogen and oxygen atoms in total. The lowest BCUT2D eigenvalue weighted by Crippen LogP contribution is -2.47. The number of carbonyl (C=O) groups excluding carboxylic acids is 1. The van der Waals surface area contributed by atoms with Crippen molar-refractivity contribution < 1.29 is 9.53 Å². The molecule has 1 aromatic heterocycles. The molecule has 0 saturated carbocycles. The van der Waals surface area contributed by atoms with Crippen molar-refractivity contribution >= 4 is 29.3 Å². The van der Waals surface area contributed by atoms with Gasteiger partial charge in [-0.05, 0) is 57.9 Å². The number of nitrogens with one attached hydrogen (secondary N) is 2. The lowest BCUT2D eigenvalue weighted by Gasteiger charge is -2.25.